The van der Waals surface area contributed by atoms with Gasteiger partial charge in [-0.3, -0.25) is 9.59 Å². The van der Waals surface area contributed by atoms with E-state index < -0.39 is 58.0 Å². The fourth-order valence-corrected chi connectivity index (χ4v) is 12.3. The second kappa shape index (κ2) is 13.8. The molecule has 0 saturated heterocycles. The molecule has 0 aromatic heterocycles. The predicted molar refractivity (Wildman–Crippen MR) is 195 cm³/mol. The van der Waals surface area contributed by atoms with Crippen LogP contribution in [0.1, 0.15) is 111 Å². The standard InChI is InChI=1S/C43H58O8/c1-25(20-29(45)22-28(39(50)51)21-26(2)44)31-23-34(48)41(5)36-35-32(46)24-43(31,41)18-11-7-10-17-42(35)19-16-33(47)40(3,4)38(42)30(37(36)49)15-14-27-12-8-6-9-13-27/h6,8-9,12-15,22,25-26,29-31,34,37-38,44-45,48-49H,7,10-11,16-21,23-24H2,1-5H3,(H,50,51)/b15-14+,28-22+/t25-,26+,29+,30+,31-,34+,37-,38-,41+,42-,43-/m1/s1. The van der Waals surface area contributed by atoms with E-state index in [1.54, 1.807) is 0 Å². The van der Waals surface area contributed by atoms with Gasteiger partial charge in [-0.2, -0.15) is 0 Å². The molecule has 5 aliphatic rings. The molecule has 0 amide bonds. The lowest BCUT2D eigenvalue weighted by molar-refractivity contribution is -0.155. The van der Waals surface area contributed by atoms with Gasteiger partial charge in [0.15, 0.2) is 5.78 Å². The van der Waals surface area contributed by atoms with Crippen LogP contribution in [-0.2, 0) is 14.4 Å². The molecule has 6 rings (SSSR count). The van der Waals surface area contributed by atoms with Gasteiger partial charge in [0, 0.05) is 52.6 Å². The van der Waals surface area contributed by atoms with Crippen LogP contribution < -0.4 is 0 Å². The van der Waals surface area contributed by atoms with Crippen molar-refractivity contribution in [3.05, 3.63) is 64.8 Å². The van der Waals surface area contributed by atoms with Crippen molar-refractivity contribution in [2.24, 2.45) is 45.3 Å². The van der Waals surface area contributed by atoms with Crippen LogP contribution in [-0.4, -0.2) is 67.5 Å². The molecule has 0 unspecified atom stereocenters. The van der Waals surface area contributed by atoms with Crippen molar-refractivity contribution >= 4 is 23.6 Å². The minimum Gasteiger partial charge on any atom is -0.478 e. The summed E-state index contributed by atoms with van der Waals surface area (Å²) in [5.74, 6) is -2.10. The van der Waals surface area contributed by atoms with Crippen molar-refractivity contribution in [2.45, 2.75) is 130 Å². The summed E-state index contributed by atoms with van der Waals surface area (Å²) in [7, 11) is 0. The lowest BCUT2D eigenvalue weighted by Gasteiger charge is -2.65. The number of Topliss-reactive ketones (excluding diaryl/α,β-unsaturated/α-hetero) is 2. The van der Waals surface area contributed by atoms with Crippen LogP contribution in [0.25, 0.3) is 6.08 Å². The number of aliphatic hydroxyl groups is 4. The second-order valence-corrected chi connectivity index (χ2v) is 17.6. The number of carbonyl (C=O) groups is 3. The summed E-state index contributed by atoms with van der Waals surface area (Å²) in [4.78, 5) is 40.7. The van der Waals surface area contributed by atoms with E-state index in [0.29, 0.717) is 36.8 Å². The Balaban J connectivity index is 1.50. The summed E-state index contributed by atoms with van der Waals surface area (Å²) in [6.45, 7) is 9.60. The monoisotopic (exact) mass is 702 g/mol. The molecule has 0 heterocycles. The third kappa shape index (κ3) is 6.02. The molecule has 0 radical (unpaired) electrons. The molecule has 1 aromatic carbocycles. The van der Waals surface area contributed by atoms with Crippen LogP contribution >= 0.6 is 0 Å². The van der Waals surface area contributed by atoms with Crippen molar-refractivity contribution in [1.29, 1.82) is 0 Å². The minimum absolute atomic E-state index is 0.0286. The highest BCUT2D eigenvalue weighted by molar-refractivity contribution is 6.01. The molecular weight excluding hydrogens is 644 g/mol. The molecule has 3 fully saturated rings. The molecular formula is C43H58O8. The largest absolute Gasteiger partial charge is 0.478 e. The molecule has 2 spiro atoms. The molecule has 1 aromatic rings. The topological polar surface area (TPSA) is 152 Å². The smallest absolute Gasteiger partial charge is 0.331 e. The summed E-state index contributed by atoms with van der Waals surface area (Å²) >= 11 is 0. The first kappa shape index (κ1) is 37.8. The van der Waals surface area contributed by atoms with Crippen molar-refractivity contribution in [3.8, 4) is 0 Å². The number of fused-ring (bicyclic) bond motifs is 2. The molecule has 3 saturated carbocycles. The molecule has 5 aliphatic carbocycles. The Morgan fingerprint density at radius 3 is 2.33 bits per heavy atom. The summed E-state index contributed by atoms with van der Waals surface area (Å²) in [6.07, 6.45) is 7.42. The maximum Gasteiger partial charge on any atom is 0.331 e. The first-order valence-electron chi connectivity index (χ1n) is 19.2. The number of carboxylic acid groups (broad SMARTS) is 1. The van der Waals surface area contributed by atoms with Gasteiger partial charge in [-0.15, -0.1) is 0 Å². The van der Waals surface area contributed by atoms with E-state index in [1.807, 2.05) is 57.2 Å². The molecule has 8 nitrogen and oxygen atoms in total. The molecule has 51 heavy (non-hydrogen) atoms. The summed E-state index contributed by atoms with van der Waals surface area (Å²) in [5, 5.41) is 56.0. The number of benzene rings is 1. The highest BCUT2D eigenvalue weighted by Gasteiger charge is 2.73. The number of rotatable bonds is 9. The molecule has 0 aliphatic heterocycles. The average molecular weight is 703 g/mol. The molecule has 11 atom stereocenters. The van der Waals surface area contributed by atoms with Gasteiger partial charge in [0.1, 0.15) is 5.78 Å². The number of aliphatic hydroxyl groups excluding tert-OH is 4. The van der Waals surface area contributed by atoms with E-state index in [-0.39, 0.29) is 54.2 Å². The van der Waals surface area contributed by atoms with Gasteiger partial charge in [0.2, 0.25) is 0 Å². The highest BCUT2D eigenvalue weighted by Crippen LogP contribution is 2.74. The van der Waals surface area contributed by atoms with Gasteiger partial charge >= 0.3 is 5.97 Å². The Labute approximate surface area is 302 Å². The number of ketones is 2. The number of hydrogen-bond acceptors (Lipinski definition) is 7. The van der Waals surface area contributed by atoms with E-state index in [9.17, 15) is 35.1 Å². The summed E-state index contributed by atoms with van der Waals surface area (Å²) in [5.41, 5.74) is -0.688. The van der Waals surface area contributed by atoms with Crippen molar-refractivity contribution in [1.82, 2.24) is 0 Å². The average Bonchev–Trinajstić information content (AvgIpc) is 3.29. The van der Waals surface area contributed by atoms with Crippen molar-refractivity contribution in [2.75, 3.05) is 0 Å². The lowest BCUT2D eigenvalue weighted by atomic mass is 9.38. The number of aliphatic carboxylic acids is 1. The van der Waals surface area contributed by atoms with E-state index in [4.69, 9.17) is 0 Å². The third-order valence-electron chi connectivity index (χ3n) is 14.4. The van der Waals surface area contributed by atoms with Gasteiger partial charge in [-0.1, -0.05) is 89.4 Å². The minimum atomic E-state index is -1.18. The zero-order valence-electron chi connectivity index (χ0n) is 31.0. The second-order valence-electron chi connectivity index (χ2n) is 17.6. The van der Waals surface area contributed by atoms with E-state index in [0.717, 1.165) is 31.2 Å². The number of carbonyl (C=O) groups excluding carboxylic acids is 2. The fourth-order valence-electron chi connectivity index (χ4n) is 12.3. The zero-order valence-corrected chi connectivity index (χ0v) is 31.0. The zero-order chi connectivity index (χ0) is 37.1. The van der Waals surface area contributed by atoms with Crippen LogP contribution in [0.15, 0.2) is 59.2 Å². The Kier molecular flexibility index (Phi) is 10.2. The lowest BCUT2D eigenvalue weighted by Crippen LogP contribution is -2.64. The quantitative estimate of drug-likeness (QED) is 0.184. The fraction of sp³-hybridized carbons (Fsp3) is 0.651. The Bertz CT molecular complexity index is 1620. The van der Waals surface area contributed by atoms with Crippen LogP contribution in [0.5, 0.6) is 0 Å². The van der Waals surface area contributed by atoms with Gasteiger partial charge in [-0.25, -0.2) is 4.79 Å². The van der Waals surface area contributed by atoms with Gasteiger partial charge in [0.25, 0.3) is 0 Å². The van der Waals surface area contributed by atoms with Crippen LogP contribution in [0, 0.1) is 45.3 Å². The molecule has 8 heteroatoms. The van der Waals surface area contributed by atoms with Gasteiger partial charge in [-0.05, 0) is 79.4 Å². The summed E-state index contributed by atoms with van der Waals surface area (Å²) in [6, 6.07) is 9.91. The van der Waals surface area contributed by atoms with Crippen LogP contribution in [0.2, 0.25) is 0 Å². The highest BCUT2D eigenvalue weighted by atomic mass is 16.4. The molecule has 2 bridgehead atoms. The first-order chi connectivity index (χ1) is 24.0. The Morgan fingerprint density at radius 2 is 1.67 bits per heavy atom. The number of carboxylic acids is 1. The van der Waals surface area contributed by atoms with E-state index in [2.05, 4.69) is 13.0 Å². The SMILES string of the molecule is C[C@H](O)C/C(=C\[C@@H](O)C[C@@H](C)[C@H]1C[C@H](O)[C@@]2(C)C3=C4C(=O)C[C@]12CCCCC[C@@]41CCC(=O)C(C)(C)[C@H]1[C@@H](/C=C/c1ccccc1)[C@H]3O)C(=O)O. The van der Waals surface area contributed by atoms with E-state index >= 15 is 4.79 Å². The third-order valence-corrected chi connectivity index (χ3v) is 14.4. The number of allylic oxidation sites excluding steroid dienone is 1. The van der Waals surface area contributed by atoms with Gasteiger partial charge in [0.05, 0.1) is 24.4 Å². The van der Waals surface area contributed by atoms with Crippen molar-refractivity contribution < 1.29 is 39.9 Å². The Hall–Kier alpha value is -2.91. The normalized spacial score (nSPS) is 38.3. The van der Waals surface area contributed by atoms with E-state index in [1.165, 1.54) is 13.0 Å². The van der Waals surface area contributed by atoms with Crippen LogP contribution in [0.4, 0.5) is 0 Å². The van der Waals surface area contributed by atoms with Crippen LogP contribution in [0.3, 0.4) is 0 Å². The number of hydrogen-bond donors (Lipinski definition) is 5. The van der Waals surface area contributed by atoms with Gasteiger partial charge < -0.3 is 25.5 Å². The van der Waals surface area contributed by atoms with Crippen molar-refractivity contribution in [3.63, 3.8) is 0 Å². The Morgan fingerprint density at radius 1 is 0.980 bits per heavy atom. The molecule has 5 N–H and O–H groups in total. The summed E-state index contributed by atoms with van der Waals surface area (Å²) < 4.78 is 0. The maximum atomic E-state index is 15.1. The maximum absolute atomic E-state index is 15.1. The predicted octanol–water partition coefficient (Wildman–Crippen LogP) is 6.46. The first-order valence-corrected chi connectivity index (χ1v) is 19.2. The molecule has 278 valence electrons.